The highest BCUT2D eigenvalue weighted by molar-refractivity contribution is 9.10. The van der Waals surface area contributed by atoms with Gasteiger partial charge in [0.05, 0.1) is 135 Å². The van der Waals surface area contributed by atoms with Crippen LogP contribution >= 0.6 is 31.9 Å². The van der Waals surface area contributed by atoms with Gasteiger partial charge in [-0.3, -0.25) is 33.6 Å². The van der Waals surface area contributed by atoms with Crippen LogP contribution in [0.15, 0.2) is 191 Å². The summed E-state index contributed by atoms with van der Waals surface area (Å²) in [7, 11) is 10.4. The molecule has 37 heteroatoms. The molecule has 30 nitrogen and oxygen atoms in total. The van der Waals surface area contributed by atoms with E-state index in [0.717, 1.165) is 39.1 Å². The Balaban J connectivity index is -0.000000226. The number of fused-ring (bicyclic) bond motifs is 1. The van der Waals surface area contributed by atoms with Crippen LogP contribution in [0.25, 0.3) is 0 Å². The highest BCUT2D eigenvalue weighted by Crippen LogP contribution is 2.43. The van der Waals surface area contributed by atoms with Gasteiger partial charge < -0.3 is 110 Å². The van der Waals surface area contributed by atoms with E-state index in [9.17, 15) is 43.7 Å². The quantitative estimate of drug-likeness (QED) is 0.0211. The van der Waals surface area contributed by atoms with Crippen molar-refractivity contribution in [3.05, 3.63) is 247 Å². The molecule has 0 aromatic heterocycles. The van der Waals surface area contributed by atoms with Gasteiger partial charge in [-0.15, -0.1) is 0 Å². The number of hydrogen-bond acceptors (Lipinski definition) is 30. The van der Waals surface area contributed by atoms with Crippen LogP contribution in [-0.2, 0) is 55.3 Å². The van der Waals surface area contributed by atoms with E-state index in [4.69, 9.17) is 158 Å². The molecule has 0 spiro atoms. The van der Waals surface area contributed by atoms with Gasteiger partial charge in [0.1, 0.15) is 100 Å². The molecule has 5 aliphatic rings. The summed E-state index contributed by atoms with van der Waals surface area (Å²) < 4.78 is 278. The third-order valence-electron chi connectivity index (χ3n) is 24.9. The molecule has 5 heterocycles. The zero-order chi connectivity index (χ0) is 140. The largest absolute Gasteiger partial charge is 0.496 e. The van der Waals surface area contributed by atoms with Crippen molar-refractivity contribution in [1.29, 1.82) is 0 Å². The van der Waals surface area contributed by atoms with Crippen LogP contribution in [-0.4, -0.2) is 192 Å². The fraction of sp³-hybridized carbons (Fsp3) is 0.368. The summed E-state index contributed by atoms with van der Waals surface area (Å²) in [5.41, 5.74) is 3.53. The number of Topliss-reactive ketones (excluding diaryl/α,β-unsaturated/α-hetero) is 5. The molecule has 792 valence electrons. The molecule has 0 aliphatic carbocycles. The summed E-state index contributed by atoms with van der Waals surface area (Å²) in [4.78, 5) is 80.4. The van der Waals surface area contributed by atoms with Gasteiger partial charge in [0.2, 0.25) is 0 Å². The number of benzene rings is 10. The molecule has 0 bridgehead atoms. The molecule has 2 radical (unpaired) electrons. The van der Waals surface area contributed by atoms with E-state index in [-0.39, 0.29) is 48.2 Å². The summed E-state index contributed by atoms with van der Waals surface area (Å²) >= 11 is 6.78. The lowest BCUT2D eigenvalue weighted by molar-refractivity contribution is -0.107. The zero-order valence-electron chi connectivity index (χ0n) is 119. The summed E-state index contributed by atoms with van der Waals surface area (Å²) in [6.45, 7) is 38.8. The van der Waals surface area contributed by atoms with Gasteiger partial charge in [0.25, 0.3) is 0 Å². The summed E-state index contributed by atoms with van der Waals surface area (Å²) in [5, 5.41) is 37.7. The first-order valence-corrected chi connectivity index (χ1v) is 47.2. The van der Waals surface area contributed by atoms with Crippen molar-refractivity contribution in [3.63, 3.8) is 0 Å². The molecule has 10 aromatic rings. The average Bonchev–Trinajstić information content (AvgIpc) is 1.62. The van der Waals surface area contributed by atoms with Crippen LogP contribution in [0.3, 0.4) is 0 Å². The summed E-state index contributed by atoms with van der Waals surface area (Å²) in [6, 6.07) is 51.8. The molecule has 4 fully saturated rings. The number of halogens is 2. The molecule has 0 amide bonds. The standard InChI is InChI=1S/C22H27BO6.C22H25BO6.C18H17BrO5.C16H15BO5.C16H13BrO4.C6H12B2O2.C6H14O2.18H2/c2*1-14(25)18-9-7-17(12-20(18)26-6)27-16-8-10-19(15(11-16)13-24)23-28-21(2,3)22(4,5)29-23;1-11(20)14-5-3-13(10-17(14)21-2)24-12-4-6-16(19)15(9-12)18-22-7-8-23-18;1-10(18)14-5-3-13(8-16(14)20-2)22-12-4-6-15-11(7-12)9-21-17(15)19;1-10(19)14-5-3-13(8-16(14)20-2)21-12-4-6-15(17)11(7-12)9-18;1-5(2)6(3,4)10-8(7)9-5;1-5(2,7)6(3,4)8;;;;;;;;;;;;;;;;;;/h7-12,24H,13H2,1-6H3;7-13H,1-6H3;3-6,9-10,18H,7-8H2,1-2H3;3-8,19H,9H2,1-2H3;3-9H,1-2H3;1-4H3;7-8H,1-4H3;18*1H/i;;;;;;;17*1+1D;1+1. The Kier molecular flexibility index (Phi) is 31.4. The number of aliphatic hydroxyl groups is 3. The molecule has 10 aromatic carbocycles. The van der Waals surface area contributed by atoms with Crippen molar-refractivity contribution in [3.8, 4) is 86.2 Å². The Hall–Kier alpha value is -11.3. The first-order chi connectivity index (χ1) is 84.0. The lowest BCUT2D eigenvalue weighted by atomic mass is 9.63. The van der Waals surface area contributed by atoms with Gasteiger partial charge in [-0.2, -0.15) is 0 Å². The van der Waals surface area contributed by atoms with Gasteiger partial charge in [-0.25, -0.2) is 0 Å². The fourth-order valence-corrected chi connectivity index (χ4v) is 14.6. The number of aliphatic hydroxyl groups excluding tert-OH is 1. The van der Waals surface area contributed by atoms with Crippen molar-refractivity contribution >= 4 is 126 Å². The van der Waals surface area contributed by atoms with Crippen molar-refractivity contribution in [2.45, 2.75) is 210 Å². The van der Waals surface area contributed by atoms with Crippen molar-refractivity contribution in [2.24, 2.45) is 0 Å². The van der Waals surface area contributed by atoms with Crippen molar-refractivity contribution < 1.29 is 195 Å². The molecule has 0 unspecified atom stereocenters. The van der Waals surface area contributed by atoms with Gasteiger partial charge in [-0.05, 0) is 306 Å². The van der Waals surface area contributed by atoms with E-state index in [1.165, 1.54) is 70.2 Å². The average molecular weight is 2160 g/mol. The summed E-state index contributed by atoms with van der Waals surface area (Å²) in [6.07, 6.45) is 1.11. The number of methoxy groups -OCH3 is 5. The minimum atomic E-state index is -1.01. The van der Waals surface area contributed by atoms with E-state index in [0.29, 0.717) is 161 Å². The van der Waals surface area contributed by atoms with Crippen molar-refractivity contribution in [1.82, 2.24) is 0 Å². The minimum absolute atomic E-state index is 0. The minimum Gasteiger partial charge on any atom is -0.496 e. The number of ketones is 5. The first-order valence-electron chi connectivity index (χ1n) is 62.6. The monoisotopic (exact) mass is 2160 g/mol. The topological polar surface area (TPSA) is 376 Å². The smallest absolute Gasteiger partial charge is 0.495 e. The molecule has 4 saturated heterocycles. The van der Waals surface area contributed by atoms with Crippen molar-refractivity contribution in [2.75, 3.05) is 48.8 Å². The predicted octanol–water partition coefficient (Wildman–Crippen LogP) is 23.7. The molecule has 0 saturated carbocycles. The van der Waals surface area contributed by atoms with Gasteiger partial charge >= 0.3 is 28.4 Å². The van der Waals surface area contributed by atoms with Crippen LogP contribution in [0.2, 0.25) is 0 Å². The molecular weight excluding hydrogens is 1970 g/mol. The first kappa shape index (κ1) is 91.6. The molecule has 15 rings (SSSR count). The Morgan fingerprint density at radius 1 is 0.399 bits per heavy atom. The maximum atomic E-state index is 11.7. The molecule has 5 aliphatic heterocycles. The fourth-order valence-electron chi connectivity index (χ4n) is 13.8. The SMILES string of the molecule is CC(C)(O)C(C)(C)O.COc1cc(Oc2ccc(B3OC(C)(C)C(C)(C)O3)c(C=O)c2)ccc1C(C)=O.COc1cc(Oc2ccc(B3OC(C)(C)C(C)(C)O3)c(CO)c2)ccc1C(C)=O.COc1cc(Oc2ccc(Br)c(C3OCCO3)c2)ccc1C(C)=O.COc1cc(Oc2ccc(Br)c(C=O)c2)ccc1C(C)=O.COc1cc(Oc2ccc3c(c2)COB3O)ccc1C(C)=O.[2HH].[2H][2H].[2H][2H].[2H][2H].[2H][2H].[2H][2H].[2H][2H].[2H][2H].[2H][2H].[2H][2H].[2H][2H].[2H][2H].[2H][2H].[2H][2H].[2H][2H].[2H][2H].[2H][2H].[2H][2H].[B]B1OC(C)(C)C(C)(C)O1. The van der Waals surface area contributed by atoms with Crippen LogP contribution in [0.1, 0.15) is 293 Å². The molecule has 0 atom stereocenters. The van der Waals surface area contributed by atoms with Crippen LogP contribution < -0.4 is 63.8 Å². The second kappa shape index (κ2) is 49.0. The lowest BCUT2D eigenvalue weighted by Crippen LogP contribution is -2.44. The number of ether oxygens (including phenoxy) is 12. The normalized spacial score (nSPS) is 16.7. The van der Waals surface area contributed by atoms with Gasteiger partial charge in [-0.1, -0.05) is 50.1 Å². The van der Waals surface area contributed by atoms with E-state index in [1.54, 1.807) is 179 Å². The third-order valence-corrected chi connectivity index (χ3v) is 26.4. The highest BCUT2D eigenvalue weighted by Gasteiger charge is 2.54. The third kappa shape index (κ3) is 30.0. The van der Waals surface area contributed by atoms with E-state index in [1.807, 2.05) is 113 Å². The van der Waals surface area contributed by atoms with Crippen LogP contribution in [0.5, 0.6) is 86.2 Å². The number of carbonyl (C=O) groups excluding carboxylic acids is 7. The van der Waals surface area contributed by atoms with Crippen LogP contribution in [0, 0.1) is 0 Å². The van der Waals surface area contributed by atoms with E-state index >= 15 is 0 Å². The maximum absolute atomic E-state index is 11.7. The number of hydrogen-bond donors (Lipinski definition) is 4. The highest BCUT2D eigenvalue weighted by atomic mass is 79.9. The second-order valence-corrected chi connectivity index (χ2v) is 39.2. The Morgan fingerprint density at radius 3 is 0.979 bits per heavy atom. The lowest BCUT2D eigenvalue weighted by Gasteiger charge is -2.32. The van der Waals surface area contributed by atoms with E-state index < -0.39 is 68.3 Å². The van der Waals surface area contributed by atoms with Crippen LogP contribution in [0.4, 0.5) is 0 Å². The maximum Gasteiger partial charge on any atom is 0.495 e. The molecule has 4 N–H and O–H groups in total. The van der Waals surface area contributed by atoms with Gasteiger partial charge in [0.15, 0.2) is 41.5 Å². The number of aldehydes is 2. The summed E-state index contributed by atoms with van der Waals surface area (Å²) in [5.74, 6) is 7.45. The Bertz CT molecular complexity index is 6270. The second-order valence-electron chi connectivity index (χ2n) is 37.5. The molecule has 143 heavy (non-hydrogen) atoms. The van der Waals surface area contributed by atoms with E-state index in [2.05, 4.69) is 31.9 Å². The zero-order valence-corrected chi connectivity index (χ0v) is 88.6. The van der Waals surface area contributed by atoms with Gasteiger partial charge in [0, 0.05) is 108 Å². The Labute approximate surface area is 909 Å². The molecular formula is C106H159B5Br2O30. The Morgan fingerprint density at radius 2 is 0.671 bits per heavy atom. The number of rotatable bonds is 27. The number of carbonyl (C=O) groups is 7. The predicted molar refractivity (Wildman–Crippen MR) is 591 cm³/mol.